The van der Waals surface area contributed by atoms with Gasteiger partial charge in [-0.3, -0.25) is 4.68 Å². The average Bonchev–Trinajstić information content (AvgIpc) is 2.95. The Kier molecular flexibility index (Phi) is 7.67. The SMILES string of the molecule is CCc1nn(CC)c(-c2cnc(NC(CC)CC(F)(F)F)cc2OC(F)F)c1Cl. The Morgan fingerprint density at radius 2 is 1.93 bits per heavy atom. The van der Waals surface area contributed by atoms with E-state index in [1.165, 1.54) is 6.20 Å². The van der Waals surface area contributed by atoms with Crippen LogP contribution in [0.2, 0.25) is 5.02 Å². The molecule has 1 N–H and O–H groups in total. The molecule has 2 rings (SSSR count). The minimum Gasteiger partial charge on any atom is -0.434 e. The predicted molar refractivity (Wildman–Crippen MR) is 101 cm³/mol. The molecule has 2 aromatic rings. The first-order valence-electron chi connectivity index (χ1n) is 9.13. The van der Waals surface area contributed by atoms with Crippen molar-refractivity contribution in [1.82, 2.24) is 14.8 Å². The van der Waals surface area contributed by atoms with Gasteiger partial charge in [0.15, 0.2) is 0 Å². The van der Waals surface area contributed by atoms with Crippen LogP contribution >= 0.6 is 11.6 Å². The fourth-order valence-corrected chi connectivity index (χ4v) is 3.25. The van der Waals surface area contributed by atoms with E-state index in [0.29, 0.717) is 29.4 Å². The molecule has 162 valence electrons. The summed E-state index contributed by atoms with van der Waals surface area (Å²) in [6.45, 7) is 2.54. The van der Waals surface area contributed by atoms with Crippen LogP contribution < -0.4 is 10.1 Å². The lowest BCUT2D eigenvalue weighted by molar-refractivity contribution is -0.137. The van der Waals surface area contributed by atoms with Crippen LogP contribution in [-0.4, -0.2) is 33.6 Å². The first kappa shape index (κ1) is 23.2. The van der Waals surface area contributed by atoms with Crippen LogP contribution in [0.15, 0.2) is 12.3 Å². The molecule has 0 aliphatic carbocycles. The molecule has 0 spiro atoms. The molecule has 1 atom stereocenters. The first-order valence-corrected chi connectivity index (χ1v) is 9.51. The fraction of sp³-hybridized carbons (Fsp3) is 0.556. The Morgan fingerprint density at radius 1 is 1.24 bits per heavy atom. The Bertz CT molecular complexity index is 825. The lowest BCUT2D eigenvalue weighted by Gasteiger charge is -2.20. The zero-order valence-electron chi connectivity index (χ0n) is 16.2. The summed E-state index contributed by atoms with van der Waals surface area (Å²) in [5.74, 6) is -0.256. The monoisotopic (exact) mass is 440 g/mol. The Hall–Kier alpha value is -2.10. The summed E-state index contributed by atoms with van der Waals surface area (Å²) < 4.78 is 70.2. The number of hydrogen-bond acceptors (Lipinski definition) is 4. The zero-order valence-corrected chi connectivity index (χ0v) is 16.9. The number of alkyl halides is 5. The maximum atomic E-state index is 13.0. The lowest BCUT2D eigenvalue weighted by Crippen LogP contribution is -2.26. The van der Waals surface area contributed by atoms with Gasteiger partial charge in [0.25, 0.3) is 0 Å². The van der Waals surface area contributed by atoms with Gasteiger partial charge in [0.2, 0.25) is 0 Å². The second kappa shape index (κ2) is 9.60. The van der Waals surface area contributed by atoms with E-state index in [9.17, 15) is 22.0 Å². The molecule has 29 heavy (non-hydrogen) atoms. The lowest BCUT2D eigenvalue weighted by atomic mass is 10.1. The smallest absolute Gasteiger partial charge is 0.391 e. The number of anilines is 1. The molecule has 0 radical (unpaired) electrons. The number of rotatable bonds is 9. The third-order valence-electron chi connectivity index (χ3n) is 4.26. The number of ether oxygens (including phenoxy) is 1. The predicted octanol–water partition coefficient (Wildman–Crippen LogP) is 5.93. The first-order chi connectivity index (χ1) is 13.6. The van der Waals surface area contributed by atoms with Crippen LogP contribution in [0.5, 0.6) is 5.75 Å². The molecule has 0 amide bonds. The van der Waals surface area contributed by atoms with E-state index in [4.69, 9.17) is 11.6 Å². The van der Waals surface area contributed by atoms with E-state index in [1.807, 2.05) is 13.8 Å². The van der Waals surface area contributed by atoms with Gasteiger partial charge in [0.1, 0.15) is 11.6 Å². The maximum Gasteiger partial charge on any atom is 0.391 e. The number of halogens is 6. The molecule has 0 saturated carbocycles. The number of pyridine rings is 1. The van der Waals surface area contributed by atoms with Crippen molar-refractivity contribution in [1.29, 1.82) is 0 Å². The van der Waals surface area contributed by atoms with Crippen LogP contribution in [0.1, 0.15) is 39.3 Å². The summed E-state index contributed by atoms with van der Waals surface area (Å²) in [5.41, 5.74) is 1.13. The standard InChI is InChI=1S/C18H22ClF5N4O/c1-4-10(8-18(22,23)24)26-14-7-13(29-17(20)21)11(9-25-14)16-15(19)12(5-2)27-28(16)6-3/h7,9-10,17H,4-6,8H2,1-3H3,(H,25,26). The molecule has 0 aromatic carbocycles. The van der Waals surface area contributed by atoms with Gasteiger partial charge in [-0.25, -0.2) is 4.98 Å². The van der Waals surface area contributed by atoms with Crippen molar-refractivity contribution in [3.8, 4) is 17.0 Å². The minimum atomic E-state index is -4.37. The normalized spacial score (nSPS) is 13.0. The Balaban J connectivity index is 2.47. The number of nitrogens with zero attached hydrogens (tertiary/aromatic N) is 3. The van der Waals surface area contributed by atoms with Gasteiger partial charge in [-0.1, -0.05) is 25.4 Å². The van der Waals surface area contributed by atoms with E-state index in [0.717, 1.165) is 6.07 Å². The van der Waals surface area contributed by atoms with Gasteiger partial charge < -0.3 is 10.1 Å². The number of nitrogens with one attached hydrogen (secondary N) is 1. The largest absolute Gasteiger partial charge is 0.434 e. The molecule has 5 nitrogen and oxygen atoms in total. The molecule has 0 aliphatic rings. The average molecular weight is 441 g/mol. The summed E-state index contributed by atoms with van der Waals surface area (Å²) >= 11 is 6.38. The highest BCUT2D eigenvalue weighted by molar-refractivity contribution is 6.33. The molecule has 11 heteroatoms. The Morgan fingerprint density at radius 3 is 2.45 bits per heavy atom. The Labute approximate surface area is 170 Å². The van der Waals surface area contributed by atoms with Crippen molar-refractivity contribution in [2.75, 3.05) is 5.32 Å². The molecule has 0 fully saturated rings. The van der Waals surface area contributed by atoms with Gasteiger partial charge in [-0.05, 0) is 19.8 Å². The van der Waals surface area contributed by atoms with Crippen LogP contribution in [0.25, 0.3) is 11.3 Å². The van der Waals surface area contributed by atoms with Crippen molar-refractivity contribution >= 4 is 17.4 Å². The highest BCUT2D eigenvalue weighted by atomic mass is 35.5. The number of hydrogen-bond donors (Lipinski definition) is 1. The molecular weight excluding hydrogens is 419 g/mol. The molecule has 1 unspecified atom stereocenters. The van der Waals surface area contributed by atoms with E-state index in [-0.39, 0.29) is 23.6 Å². The van der Waals surface area contributed by atoms with E-state index in [1.54, 1.807) is 11.6 Å². The van der Waals surface area contributed by atoms with Crippen molar-refractivity contribution in [2.45, 2.75) is 65.4 Å². The summed E-state index contributed by atoms with van der Waals surface area (Å²) in [5, 5.41) is 7.26. The second-order valence-electron chi connectivity index (χ2n) is 6.29. The van der Waals surface area contributed by atoms with Crippen molar-refractivity contribution in [2.24, 2.45) is 0 Å². The van der Waals surface area contributed by atoms with E-state index >= 15 is 0 Å². The van der Waals surface area contributed by atoms with Crippen molar-refractivity contribution in [3.05, 3.63) is 23.0 Å². The maximum absolute atomic E-state index is 13.0. The van der Waals surface area contributed by atoms with Crippen LogP contribution in [0.3, 0.4) is 0 Å². The molecule has 0 saturated heterocycles. The summed E-state index contributed by atoms with van der Waals surface area (Å²) in [4.78, 5) is 4.09. The minimum absolute atomic E-state index is 0.00472. The molecular formula is C18H22ClF5N4O. The van der Waals surface area contributed by atoms with E-state index in [2.05, 4.69) is 20.1 Å². The number of aromatic nitrogens is 3. The zero-order chi connectivity index (χ0) is 21.8. The summed E-state index contributed by atoms with van der Waals surface area (Å²) in [6, 6.07) is 0.194. The van der Waals surface area contributed by atoms with E-state index < -0.39 is 25.3 Å². The highest BCUT2D eigenvalue weighted by Gasteiger charge is 2.31. The molecule has 0 aliphatic heterocycles. The van der Waals surface area contributed by atoms with Gasteiger partial charge in [0.05, 0.1) is 28.4 Å². The summed E-state index contributed by atoms with van der Waals surface area (Å²) in [7, 11) is 0. The van der Waals surface area contributed by atoms with Crippen LogP contribution in [0, 0.1) is 0 Å². The van der Waals surface area contributed by atoms with Gasteiger partial charge in [-0.15, -0.1) is 0 Å². The van der Waals surface area contributed by atoms with Gasteiger partial charge in [-0.2, -0.15) is 27.1 Å². The number of aryl methyl sites for hydroxylation is 2. The fourth-order valence-electron chi connectivity index (χ4n) is 2.87. The van der Waals surface area contributed by atoms with Crippen molar-refractivity contribution < 1.29 is 26.7 Å². The third-order valence-corrected chi connectivity index (χ3v) is 4.65. The van der Waals surface area contributed by atoms with Crippen LogP contribution in [0.4, 0.5) is 27.8 Å². The quantitative estimate of drug-likeness (QED) is 0.491. The molecule has 2 aromatic heterocycles. The molecule has 0 bridgehead atoms. The summed E-state index contributed by atoms with van der Waals surface area (Å²) in [6.07, 6.45) is -3.50. The third kappa shape index (κ3) is 5.94. The molecule has 2 heterocycles. The highest BCUT2D eigenvalue weighted by Crippen LogP contribution is 2.38. The topological polar surface area (TPSA) is 52.0 Å². The van der Waals surface area contributed by atoms with Crippen LogP contribution in [-0.2, 0) is 13.0 Å². The second-order valence-corrected chi connectivity index (χ2v) is 6.67. The van der Waals surface area contributed by atoms with Gasteiger partial charge in [0, 0.05) is 24.8 Å². The van der Waals surface area contributed by atoms with Gasteiger partial charge >= 0.3 is 12.8 Å². The van der Waals surface area contributed by atoms with Crippen molar-refractivity contribution in [3.63, 3.8) is 0 Å².